The quantitative estimate of drug-likeness (QED) is 0.919. The van der Waals surface area contributed by atoms with Crippen LogP contribution in [0.5, 0.6) is 5.75 Å². The van der Waals surface area contributed by atoms with Crippen molar-refractivity contribution in [3.8, 4) is 5.75 Å². The summed E-state index contributed by atoms with van der Waals surface area (Å²) in [5.74, 6) is 0.180. The van der Waals surface area contributed by atoms with Crippen molar-refractivity contribution in [2.24, 2.45) is 0 Å². The molecule has 24 heavy (non-hydrogen) atoms. The maximum absolute atomic E-state index is 12.8. The van der Waals surface area contributed by atoms with Gasteiger partial charge in [0.15, 0.2) is 0 Å². The first-order valence-electron chi connectivity index (χ1n) is 8.96. The summed E-state index contributed by atoms with van der Waals surface area (Å²) in [5, 5.41) is 10.3. The van der Waals surface area contributed by atoms with E-state index >= 15 is 0 Å². The van der Waals surface area contributed by atoms with Crippen molar-refractivity contribution in [3.63, 3.8) is 0 Å². The lowest BCUT2D eigenvalue weighted by Crippen LogP contribution is -2.52. The van der Waals surface area contributed by atoms with Gasteiger partial charge in [0.1, 0.15) is 17.6 Å². The molecule has 1 saturated carbocycles. The second kappa shape index (κ2) is 6.48. The van der Waals surface area contributed by atoms with Crippen molar-refractivity contribution < 1.29 is 14.3 Å². The highest BCUT2D eigenvalue weighted by Gasteiger charge is 2.28. The van der Waals surface area contributed by atoms with Crippen LogP contribution < -0.4 is 0 Å². The minimum Gasteiger partial charge on any atom is -0.508 e. The molecule has 2 aromatic rings. The van der Waals surface area contributed by atoms with E-state index in [-0.39, 0.29) is 11.7 Å². The number of phenolic OH excluding ortho intramolecular Hbond substituents is 1. The molecule has 0 atom stereocenters. The van der Waals surface area contributed by atoms with Gasteiger partial charge in [-0.15, -0.1) is 0 Å². The molecule has 0 spiro atoms. The van der Waals surface area contributed by atoms with Gasteiger partial charge in [0.05, 0.1) is 5.56 Å². The average Bonchev–Trinajstić information content (AvgIpc) is 3.05. The van der Waals surface area contributed by atoms with Gasteiger partial charge in [-0.2, -0.15) is 0 Å². The molecule has 1 N–H and O–H groups in total. The number of rotatable bonds is 2. The zero-order valence-corrected chi connectivity index (χ0v) is 13.9. The zero-order chi connectivity index (χ0) is 16.5. The molecule has 0 unspecified atom stereocenters. The van der Waals surface area contributed by atoms with Gasteiger partial charge in [-0.1, -0.05) is 19.3 Å². The SMILES string of the molecule is O=C(c1coc2cc(O)ccc12)N1CCN(C2CCCCC2)CC1. The Balaban J connectivity index is 1.44. The maximum atomic E-state index is 12.8. The molecule has 1 aromatic heterocycles. The molecule has 2 aliphatic rings. The number of hydrogen-bond acceptors (Lipinski definition) is 4. The van der Waals surface area contributed by atoms with E-state index in [1.165, 1.54) is 38.4 Å². The number of aromatic hydroxyl groups is 1. The monoisotopic (exact) mass is 328 g/mol. The van der Waals surface area contributed by atoms with Gasteiger partial charge in [-0.05, 0) is 25.0 Å². The van der Waals surface area contributed by atoms with Gasteiger partial charge < -0.3 is 14.4 Å². The van der Waals surface area contributed by atoms with Gasteiger partial charge in [0.25, 0.3) is 5.91 Å². The highest BCUT2D eigenvalue weighted by atomic mass is 16.3. The van der Waals surface area contributed by atoms with Crippen molar-refractivity contribution in [3.05, 3.63) is 30.0 Å². The number of piperazine rings is 1. The number of carbonyl (C=O) groups is 1. The highest BCUT2D eigenvalue weighted by molar-refractivity contribution is 6.06. The fourth-order valence-electron chi connectivity index (χ4n) is 4.09. The Bertz CT molecular complexity index is 725. The number of furan rings is 1. The van der Waals surface area contributed by atoms with Crippen LogP contribution in [-0.2, 0) is 0 Å². The molecule has 1 aliphatic carbocycles. The van der Waals surface area contributed by atoms with Crippen LogP contribution >= 0.6 is 0 Å². The van der Waals surface area contributed by atoms with Crippen LogP contribution in [0.3, 0.4) is 0 Å². The predicted molar refractivity (Wildman–Crippen MR) is 92.2 cm³/mol. The van der Waals surface area contributed by atoms with Crippen molar-refractivity contribution in [2.45, 2.75) is 38.1 Å². The second-order valence-corrected chi connectivity index (χ2v) is 6.95. The number of hydrogen-bond donors (Lipinski definition) is 1. The number of fused-ring (bicyclic) bond motifs is 1. The van der Waals surface area contributed by atoms with Gasteiger partial charge in [-0.3, -0.25) is 9.69 Å². The normalized spacial score (nSPS) is 20.6. The number of amides is 1. The Morgan fingerprint density at radius 3 is 2.58 bits per heavy atom. The molecule has 1 amide bonds. The second-order valence-electron chi connectivity index (χ2n) is 6.95. The van der Waals surface area contributed by atoms with E-state index in [1.807, 2.05) is 4.90 Å². The number of phenols is 1. The number of nitrogens with zero attached hydrogens (tertiary/aromatic N) is 2. The Morgan fingerprint density at radius 2 is 1.83 bits per heavy atom. The van der Waals surface area contributed by atoms with Crippen LogP contribution in [0, 0.1) is 0 Å². The summed E-state index contributed by atoms with van der Waals surface area (Å²) in [6.07, 6.45) is 8.20. The first kappa shape index (κ1) is 15.5. The van der Waals surface area contributed by atoms with Crippen molar-refractivity contribution in [2.75, 3.05) is 26.2 Å². The third-order valence-corrected chi connectivity index (χ3v) is 5.48. The van der Waals surface area contributed by atoms with Crippen LogP contribution in [0.15, 0.2) is 28.9 Å². The lowest BCUT2D eigenvalue weighted by atomic mass is 9.94. The number of benzene rings is 1. The molecule has 0 bridgehead atoms. The Labute approximate surface area is 141 Å². The van der Waals surface area contributed by atoms with Gasteiger partial charge in [0, 0.05) is 43.7 Å². The maximum Gasteiger partial charge on any atom is 0.257 e. The van der Waals surface area contributed by atoms with E-state index in [0.29, 0.717) is 17.2 Å². The minimum atomic E-state index is 0.0303. The third-order valence-electron chi connectivity index (χ3n) is 5.48. The lowest BCUT2D eigenvalue weighted by Gasteiger charge is -2.40. The number of carbonyl (C=O) groups excluding carboxylic acids is 1. The predicted octanol–water partition coefficient (Wildman–Crippen LogP) is 3.23. The summed E-state index contributed by atoms with van der Waals surface area (Å²) in [4.78, 5) is 17.3. The molecule has 0 radical (unpaired) electrons. The van der Waals surface area contributed by atoms with Gasteiger partial charge in [0.2, 0.25) is 0 Å². The molecule has 1 aromatic carbocycles. The largest absolute Gasteiger partial charge is 0.508 e. The summed E-state index contributed by atoms with van der Waals surface area (Å²) >= 11 is 0. The van der Waals surface area contributed by atoms with Crippen LogP contribution in [0.25, 0.3) is 11.0 Å². The minimum absolute atomic E-state index is 0.0303. The molecule has 5 nitrogen and oxygen atoms in total. The van der Waals surface area contributed by atoms with E-state index in [2.05, 4.69) is 4.90 Å². The molecule has 2 heterocycles. The molecule has 1 aliphatic heterocycles. The topological polar surface area (TPSA) is 56.9 Å². The average molecular weight is 328 g/mol. The van der Waals surface area contributed by atoms with Crippen LogP contribution in [-0.4, -0.2) is 53.0 Å². The van der Waals surface area contributed by atoms with Gasteiger partial charge in [-0.25, -0.2) is 0 Å². The third kappa shape index (κ3) is 2.88. The van der Waals surface area contributed by atoms with Crippen molar-refractivity contribution in [1.29, 1.82) is 0 Å². The Kier molecular flexibility index (Phi) is 4.19. The first-order valence-corrected chi connectivity index (χ1v) is 8.96. The fraction of sp³-hybridized carbons (Fsp3) is 0.526. The fourth-order valence-corrected chi connectivity index (χ4v) is 4.09. The molecule has 2 fully saturated rings. The van der Waals surface area contributed by atoms with E-state index in [4.69, 9.17) is 4.42 Å². The van der Waals surface area contributed by atoms with E-state index in [0.717, 1.165) is 31.6 Å². The van der Waals surface area contributed by atoms with Crippen LogP contribution in [0.1, 0.15) is 42.5 Å². The Morgan fingerprint density at radius 1 is 1.08 bits per heavy atom. The molecule has 4 rings (SSSR count). The van der Waals surface area contributed by atoms with E-state index < -0.39 is 0 Å². The summed E-state index contributed by atoms with van der Waals surface area (Å²) in [6, 6.07) is 5.61. The van der Waals surface area contributed by atoms with Crippen LogP contribution in [0.2, 0.25) is 0 Å². The molecule has 5 heteroatoms. The smallest absolute Gasteiger partial charge is 0.257 e. The molecular weight excluding hydrogens is 304 g/mol. The summed E-state index contributed by atoms with van der Waals surface area (Å²) in [7, 11) is 0. The first-order chi connectivity index (χ1) is 11.7. The molecule has 1 saturated heterocycles. The van der Waals surface area contributed by atoms with E-state index in [9.17, 15) is 9.90 Å². The summed E-state index contributed by atoms with van der Waals surface area (Å²) in [5.41, 5.74) is 1.15. The summed E-state index contributed by atoms with van der Waals surface area (Å²) < 4.78 is 5.44. The molecular formula is C19H24N2O3. The highest BCUT2D eigenvalue weighted by Crippen LogP contribution is 2.27. The Hall–Kier alpha value is -2.01. The van der Waals surface area contributed by atoms with Crippen molar-refractivity contribution >= 4 is 16.9 Å². The molecule has 128 valence electrons. The van der Waals surface area contributed by atoms with E-state index in [1.54, 1.807) is 18.2 Å². The summed E-state index contributed by atoms with van der Waals surface area (Å²) in [6.45, 7) is 3.49. The van der Waals surface area contributed by atoms with Crippen molar-refractivity contribution in [1.82, 2.24) is 9.80 Å². The van der Waals surface area contributed by atoms with Gasteiger partial charge >= 0.3 is 0 Å². The lowest BCUT2D eigenvalue weighted by molar-refractivity contribution is 0.0524. The standard InChI is InChI=1S/C19H24N2O3/c22-15-6-7-16-17(13-24-18(16)12-15)19(23)21-10-8-20(9-11-21)14-4-2-1-3-5-14/h6-7,12-14,22H,1-5,8-11H2. The zero-order valence-electron chi connectivity index (χ0n) is 13.9. The van der Waals surface area contributed by atoms with Crippen LogP contribution in [0.4, 0.5) is 0 Å².